The van der Waals surface area contributed by atoms with Crippen molar-refractivity contribution >= 4 is 26.7 Å². The first kappa shape index (κ1) is 10.4. The molecule has 0 spiro atoms. The number of aryl methyl sites for hydroxylation is 1. The van der Waals surface area contributed by atoms with Crippen molar-refractivity contribution in [2.24, 2.45) is 5.73 Å². The van der Waals surface area contributed by atoms with Crippen LogP contribution in [0.5, 0.6) is 0 Å². The number of nitrogens with two attached hydrogens (primary N) is 1. The van der Waals surface area contributed by atoms with Gasteiger partial charge < -0.3 is 10.6 Å². The van der Waals surface area contributed by atoms with Crippen molar-refractivity contribution in [3.05, 3.63) is 23.8 Å². The van der Waals surface area contributed by atoms with Crippen molar-refractivity contribution in [2.45, 2.75) is 6.92 Å². The third-order valence-corrected chi connectivity index (χ3v) is 3.46. The third kappa shape index (κ3) is 2.11. The van der Waals surface area contributed by atoms with Gasteiger partial charge in [-0.25, -0.2) is 4.98 Å². The lowest BCUT2D eigenvalue weighted by molar-refractivity contribution is 0.882. The van der Waals surface area contributed by atoms with Crippen LogP contribution in [0, 0.1) is 6.92 Å². The quantitative estimate of drug-likeness (QED) is 0.862. The van der Waals surface area contributed by atoms with Crippen molar-refractivity contribution < 1.29 is 0 Å². The van der Waals surface area contributed by atoms with E-state index in [0.29, 0.717) is 6.54 Å². The first-order valence-corrected chi connectivity index (χ1v) is 5.81. The van der Waals surface area contributed by atoms with E-state index in [1.54, 1.807) is 11.3 Å². The second kappa shape index (κ2) is 4.16. The lowest BCUT2D eigenvalue weighted by Gasteiger charge is -2.12. The highest BCUT2D eigenvalue weighted by molar-refractivity contribution is 7.22. The molecular formula is C11H15N3S. The van der Waals surface area contributed by atoms with Crippen molar-refractivity contribution in [3.63, 3.8) is 0 Å². The molecule has 0 atom stereocenters. The molecule has 0 radical (unpaired) electrons. The Labute approximate surface area is 93.5 Å². The van der Waals surface area contributed by atoms with Crippen LogP contribution in [0.2, 0.25) is 0 Å². The maximum Gasteiger partial charge on any atom is 0.186 e. The summed E-state index contributed by atoms with van der Waals surface area (Å²) in [5, 5.41) is 1.04. The van der Waals surface area contributed by atoms with Gasteiger partial charge >= 0.3 is 0 Å². The van der Waals surface area contributed by atoms with Crippen molar-refractivity contribution in [3.8, 4) is 0 Å². The molecule has 0 bridgehead atoms. The zero-order valence-corrected chi connectivity index (χ0v) is 9.84. The highest BCUT2D eigenvalue weighted by atomic mass is 32.1. The van der Waals surface area contributed by atoms with Gasteiger partial charge in [0.25, 0.3) is 0 Å². The summed E-state index contributed by atoms with van der Waals surface area (Å²) in [5.41, 5.74) is 7.87. The minimum atomic E-state index is 0.658. The Bertz CT molecular complexity index is 464. The van der Waals surface area contributed by atoms with E-state index < -0.39 is 0 Å². The van der Waals surface area contributed by atoms with Crippen LogP contribution in [0.4, 0.5) is 5.13 Å². The standard InChI is InChI=1S/C11H15N3S/c1-8-3-4-9-10(7-8)15-11(13-9)14(2)6-5-12/h3-4,7H,5-6,12H2,1-2H3. The molecule has 0 amide bonds. The molecule has 2 rings (SSSR count). The number of aromatic nitrogens is 1. The molecule has 0 aliphatic heterocycles. The first-order valence-electron chi connectivity index (χ1n) is 4.99. The second-order valence-corrected chi connectivity index (χ2v) is 4.69. The van der Waals surface area contributed by atoms with E-state index in [4.69, 9.17) is 5.73 Å². The van der Waals surface area contributed by atoms with Gasteiger partial charge in [0, 0.05) is 20.1 Å². The van der Waals surface area contributed by atoms with Crippen molar-refractivity contribution in [1.29, 1.82) is 0 Å². The summed E-state index contributed by atoms with van der Waals surface area (Å²) >= 11 is 1.72. The molecule has 3 nitrogen and oxygen atoms in total. The predicted molar refractivity (Wildman–Crippen MR) is 66.7 cm³/mol. The molecule has 0 saturated heterocycles. The van der Waals surface area contributed by atoms with Crippen molar-refractivity contribution in [1.82, 2.24) is 4.98 Å². The van der Waals surface area contributed by atoms with Gasteiger partial charge in [-0.05, 0) is 24.6 Å². The summed E-state index contributed by atoms with van der Waals surface area (Å²) in [4.78, 5) is 6.66. The SMILES string of the molecule is Cc1ccc2nc(N(C)CCN)sc2c1. The molecule has 1 aromatic heterocycles. The Kier molecular flexibility index (Phi) is 2.88. The van der Waals surface area contributed by atoms with Crippen LogP contribution < -0.4 is 10.6 Å². The van der Waals surface area contributed by atoms with E-state index in [-0.39, 0.29) is 0 Å². The van der Waals surface area contributed by atoms with Crippen LogP contribution in [0.1, 0.15) is 5.56 Å². The van der Waals surface area contributed by atoms with Crippen molar-refractivity contribution in [2.75, 3.05) is 25.0 Å². The average Bonchev–Trinajstić information content (AvgIpc) is 2.60. The number of nitrogens with zero attached hydrogens (tertiary/aromatic N) is 2. The van der Waals surface area contributed by atoms with Gasteiger partial charge in [-0.15, -0.1) is 0 Å². The van der Waals surface area contributed by atoms with Gasteiger partial charge in [-0.2, -0.15) is 0 Å². The summed E-state index contributed by atoms with van der Waals surface area (Å²) in [7, 11) is 2.03. The fourth-order valence-corrected chi connectivity index (χ4v) is 2.52. The Balaban J connectivity index is 2.38. The van der Waals surface area contributed by atoms with Gasteiger partial charge in [0.2, 0.25) is 0 Å². The molecule has 80 valence electrons. The molecule has 2 N–H and O–H groups in total. The molecule has 0 saturated carbocycles. The van der Waals surface area contributed by atoms with Gasteiger partial charge in [-0.1, -0.05) is 17.4 Å². The Morgan fingerprint density at radius 1 is 1.47 bits per heavy atom. The van der Waals surface area contributed by atoms with Gasteiger partial charge in [0.1, 0.15) is 0 Å². The number of thiazole rings is 1. The lowest BCUT2D eigenvalue weighted by atomic mass is 10.2. The summed E-state index contributed by atoms with van der Waals surface area (Å²) in [6.07, 6.45) is 0. The van der Waals surface area contributed by atoms with Gasteiger partial charge in [0.05, 0.1) is 10.2 Å². The fraction of sp³-hybridized carbons (Fsp3) is 0.364. The number of rotatable bonds is 3. The van der Waals surface area contributed by atoms with Crippen LogP contribution in [-0.2, 0) is 0 Å². The maximum absolute atomic E-state index is 5.52. The monoisotopic (exact) mass is 221 g/mol. The Hall–Kier alpha value is -1.13. The Morgan fingerprint density at radius 2 is 2.27 bits per heavy atom. The van der Waals surface area contributed by atoms with Gasteiger partial charge in [-0.3, -0.25) is 0 Å². The zero-order valence-electron chi connectivity index (χ0n) is 9.03. The lowest BCUT2D eigenvalue weighted by Crippen LogP contribution is -2.24. The summed E-state index contributed by atoms with van der Waals surface area (Å²) < 4.78 is 1.24. The highest BCUT2D eigenvalue weighted by Crippen LogP contribution is 2.28. The zero-order chi connectivity index (χ0) is 10.8. The summed E-state index contributed by atoms with van der Waals surface area (Å²) in [6, 6.07) is 6.34. The average molecular weight is 221 g/mol. The van der Waals surface area contributed by atoms with Crippen LogP contribution in [-0.4, -0.2) is 25.1 Å². The Morgan fingerprint density at radius 3 is 3.00 bits per heavy atom. The van der Waals surface area contributed by atoms with Crippen LogP contribution in [0.25, 0.3) is 10.2 Å². The topological polar surface area (TPSA) is 42.2 Å². The second-order valence-electron chi connectivity index (χ2n) is 3.68. The number of likely N-dealkylation sites (N-methyl/N-ethyl adjacent to an activating group) is 1. The molecule has 0 unspecified atom stereocenters. The molecule has 1 aromatic carbocycles. The molecule has 15 heavy (non-hydrogen) atoms. The molecule has 0 fully saturated rings. The predicted octanol–water partition coefficient (Wildman–Crippen LogP) is 2.00. The minimum Gasteiger partial charge on any atom is -0.350 e. The van der Waals surface area contributed by atoms with Crippen LogP contribution in [0.3, 0.4) is 0 Å². The smallest absolute Gasteiger partial charge is 0.186 e. The van der Waals surface area contributed by atoms with Crippen LogP contribution >= 0.6 is 11.3 Å². The molecule has 4 heteroatoms. The molecule has 1 heterocycles. The molecule has 0 aliphatic rings. The number of anilines is 1. The van der Waals surface area contributed by atoms with Crippen LogP contribution in [0.15, 0.2) is 18.2 Å². The summed E-state index contributed by atoms with van der Waals surface area (Å²) in [6.45, 7) is 3.60. The van der Waals surface area contributed by atoms with E-state index in [2.05, 4.69) is 35.0 Å². The van der Waals surface area contributed by atoms with E-state index in [0.717, 1.165) is 17.2 Å². The van der Waals surface area contributed by atoms with E-state index in [1.807, 2.05) is 7.05 Å². The largest absolute Gasteiger partial charge is 0.350 e. The number of fused-ring (bicyclic) bond motifs is 1. The number of hydrogen-bond acceptors (Lipinski definition) is 4. The molecular weight excluding hydrogens is 206 g/mol. The normalized spacial score (nSPS) is 10.9. The number of hydrogen-bond donors (Lipinski definition) is 1. The maximum atomic E-state index is 5.52. The summed E-state index contributed by atoms with van der Waals surface area (Å²) in [5.74, 6) is 0. The number of benzene rings is 1. The molecule has 2 aromatic rings. The fourth-order valence-electron chi connectivity index (χ4n) is 1.47. The third-order valence-electron chi connectivity index (χ3n) is 2.32. The van der Waals surface area contributed by atoms with Gasteiger partial charge in [0.15, 0.2) is 5.13 Å². The minimum absolute atomic E-state index is 0.658. The van der Waals surface area contributed by atoms with E-state index >= 15 is 0 Å². The highest BCUT2D eigenvalue weighted by Gasteiger charge is 2.07. The first-order chi connectivity index (χ1) is 7.20. The van der Waals surface area contributed by atoms with E-state index in [9.17, 15) is 0 Å². The molecule has 0 aliphatic carbocycles. The van der Waals surface area contributed by atoms with E-state index in [1.165, 1.54) is 10.3 Å².